The summed E-state index contributed by atoms with van der Waals surface area (Å²) in [6.45, 7) is 5.46. The van der Waals surface area contributed by atoms with Gasteiger partial charge in [0.1, 0.15) is 0 Å². The second-order valence-corrected chi connectivity index (χ2v) is 6.55. The molecule has 2 atom stereocenters. The molecule has 0 saturated carbocycles. The lowest BCUT2D eigenvalue weighted by Crippen LogP contribution is -2.46. The van der Waals surface area contributed by atoms with Gasteiger partial charge in [-0.1, -0.05) is 24.3 Å². The van der Waals surface area contributed by atoms with Gasteiger partial charge in [-0.15, -0.1) is 0 Å². The Balaban J connectivity index is 1.63. The van der Waals surface area contributed by atoms with Crippen LogP contribution in [0.4, 0.5) is 0 Å². The van der Waals surface area contributed by atoms with Crippen LogP contribution < -0.4 is 4.74 Å². The van der Waals surface area contributed by atoms with Crippen molar-refractivity contribution >= 4 is 5.91 Å². The van der Waals surface area contributed by atoms with Gasteiger partial charge < -0.3 is 9.64 Å². The number of nitrogens with zero attached hydrogens (tertiary/aromatic N) is 2. The zero-order chi connectivity index (χ0) is 16.9. The number of hydrogen-bond acceptors (Lipinski definition) is 3. The van der Waals surface area contributed by atoms with Gasteiger partial charge in [0, 0.05) is 35.8 Å². The van der Waals surface area contributed by atoms with Crippen molar-refractivity contribution in [2.75, 3.05) is 13.2 Å². The molecule has 1 aromatic carbocycles. The molecule has 1 aliphatic heterocycles. The molecule has 1 aliphatic rings. The standard InChI is InChI=1S/C20H24N2O2/c1-15-7-6-12-21-19(15)24-14-17-11-10-16(2)22(13-17)20(23)18-8-4-3-5-9-18/h3-9,12,16-17H,10-11,13-14H2,1-2H3. The van der Waals surface area contributed by atoms with Gasteiger partial charge in [0.05, 0.1) is 6.61 Å². The van der Waals surface area contributed by atoms with Crippen LogP contribution in [-0.4, -0.2) is 35.0 Å². The second-order valence-electron chi connectivity index (χ2n) is 6.55. The number of benzene rings is 1. The van der Waals surface area contributed by atoms with E-state index in [0.29, 0.717) is 18.4 Å². The Morgan fingerprint density at radius 1 is 1.21 bits per heavy atom. The zero-order valence-corrected chi connectivity index (χ0v) is 14.3. The highest BCUT2D eigenvalue weighted by molar-refractivity contribution is 5.94. The quantitative estimate of drug-likeness (QED) is 0.861. The van der Waals surface area contributed by atoms with E-state index in [0.717, 1.165) is 30.5 Å². The van der Waals surface area contributed by atoms with Gasteiger partial charge in [-0.05, 0) is 44.9 Å². The predicted octanol–water partition coefficient (Wildman–Crippen LogP) is 3.71. The lowest BCUT2D eigenvalue weighted by molar-refractivity contribution is 0.0502. The minimum absolute atomic E-state index is 0.113. The SMILES string of the molecule is Cc1cccnc1OCC1CCC(C)N(C(=O)c2ccccc2)C1. The molecule has 0 radical (unpaired) electrons. The van der Waals surface area contributed by atoms with Gasteiger partial charge in [-0.2, -0.15) is 0 Å². The van der Waals surface area contributed by atoms with Crippen molar-refractivity contribution < 1.29 is 9.53 Å². The molecule has 0 aliphatic carbocycles. The molecular formula is C20H24N2O2. The minimum atomic E-state index is 0.113. The molecule has 1 aromatic heterocycles. The molecule has 24 heavy (non-hydrogen) atoms. The number of pyridine rings is 1. The Hall–Kier alpha value is -2.36. The minimum Gasteiger partial charge on any atom is -0.477 e. The summed E-state index contributed by atoms with van der Waals surface area (Å²) in [5.74, 6) is 1.15. The van der Waals surface area contributed by atoms with Crippen molar-refractivity contribution in [2.45, 2.75) is 32.7 Å². The molecular weight excluding hydrogens is 300 g/mol. The van der Waals surface area contributed by atoms with Crippen molar-refractivity contribution in [1.29, 1.82) is 0 Å². The number of ether oxygens (including phenoxy) is 1. The summed E-state index contributed by atoms with van der Waals surface area (Å²) < 4.78 is 5.90. The smallest absolute Gasteiger partial charge is 0.254 e. The topological polar surface area (TPSA) is 42.4 Å². The predicted molar refractivity (Wildman–Crippen MR) is 94.1 cm³/mol. The van der Waals surface area contributed by atoms with Gasteiger partial charge >= 0.3 is 0 Å². The van der Waals surface area contributed by atoms with E-state index in [9.17, 15) is 4.79 Å². The highest BCUT2D eigenvalue weighted by Crippen LogP contribution is 2.25. The molecule has 2 heterocycles. The average Bonchev–Trinajstić information content (AvgIpc) is 2.62. The summed E-state index contributed by atoms with van der Waals surface area (Å²) in [6, 6.07) is 13.7. The van der Waals surface area contributed by atoms with Crippen molar-refractivity contribution in [1.82, 2.24) is 9.88 Å². The number of piperidine rings is 1. The van der Waals surface area contributed by atoms with E-state index in [4.69, 9.17) is 4.74 Å². The third kappa shape index (κ3) is 3.75. The van der Waals surface area contributed by atoms with Crippen molar-refractivity contribution in [3.63, 3.8) is 0 Å². The Labute approximate surface area is 143 Å². The second kappa shape index (κ2) is 7.47. The molecule has 0 bridgehead atoms. The van der Waals surface area contributed by atoms with Crippen LogP contribution in [0.25, 0.3) is 0 Å². The van der Waals surface area contributed by atoms with E-state index in [1.807, 2.05) is 54.3 Å². The molecule has 0 N–H and O–H groups in total. The highest BCUT2D eigenvalue weighted by atomic mass is 16.5. The maximum atomic E-state index is 12.8. The van der Waals surface area contributed by atoms with E-state index >= 15 is 0 Å². The first-order valence-corrected chi connectivity index (χ1v) is 8.55. The maximum Gasteiger partial charge on any atom is 0.254 e. The average molecular weight is 324 g/mol. The number of rotatable bonds is 4. The molecule has 4 nitrogen and oxygen atoms in total. The Kier molecular flexibility index (Phi) is 5.14. The molecule has 1 fully saturated rings. The number of carbonyl (C=O) groups excluding carboxylic acids is 1. The Morgan fingerprint density at radius 2 is 2.00 bits per heavy atom. The summed E-state index contributed by atoms with van der Waals surface area (Å²) >= 11 is 0. The fraction of sp³-hybridized carbons (Fsp3) is 0.400. The summed E-state index contributed by atoms with van der Waals surface area (Å²) in [4.78, 5) is 19.0. The Morgan fingerprint density at radius 3 is 2.75 bits per heavy atom. The number of likely N-dealkylation sites (tertiary alicyclic amines) is 1. The number of hydrogen-bond donors (Lipinski definition) is 0. The number of aryl methyl sites for hydroxylation is 1. The van der Waals surface area contributed by atoms with Crippen LogP contribution in [0.1, 0.15) is 35.7 Å². The maximum absolute atomic E-state index is 12.8. The van der Waals surface area contributed by atoms with Crippen molar-refractivity contribution in [3.8, 4) is 5.88 Å². The first kappa shape index (κ1) is 16.5. The number of aromatic nitrogens is 1. The van der Waals surface area contributed by atoms with E-state index in [-0.39, 0.29) is 11.9 Å². The van der Waals surface area contributed by atoms with Gasteiger partial charge in [0.2, 0.25) is 5.88 Å². The largest absolute Gasteiger partial charge is 0.477 e. The van der Waals surface area contributed by atoms with E-state index in [2.05, 4.69) is 11.9 Å². The van der Waals surface area contributed by atoms with Crippen LogP contribution in [0, 0.1) is 12.8 Å². The summed E-state index contributed by atoms with van der Waals surface area (Å²) in [7, 11) is 0. The van der Waals surface area contributed by atoms with Crippen LogP contribution in [0.2, 0.25) is 0 Å². The van der Waals surface area contributed by atoms with E-state index in [1.165, 1.54) is 0 Å². The Bertz CT molecular complexity index is 687. The third-order valence-electron chi connectivity index (χ3n) is 4.68. The van der Waals surface area contributed by atoms with Gasteiger partial charge in [0.15, 0.2) is 0 Å². The lowest BCUT2D eigenvalue weighted by Gasteiger charge is -2.38. The van der Waals surface area contributed by atoms with Crippen LogP contribution in [0.5, 0.6) is 5.88 Å². The van der Waals surface area contributed by atoms with Crippen molar-refractivity contribution in [2.24, 2.45) is 5.92 Å². The van der Waals surface area contributed by atoms with Crippen LogP contribution in [0.15, 0.2) is 48.7 Å². The highest BCUT2D eigenvalue weighted by Gasteiger charge is 2.30. The molecule has 3 rings (SSSR count). The molecule has 126 valence electrons. The molecule has 2 aromatic rings. The molecule has 1 amide bonds. The first-order chi connectivity index (χ1) is 11.6. The molecule has 0 spiro atoms. The summed E-state index contributed by atoms with van der Waals surface area (Å²) in [5.41, 5.74) is 1.80. The summed E-state index contributed by atoms with van der Waals surface area (Å²) in [6.07, 6.45) is 3.83. The van der Waals surface area contributed by atoms with Crippen LogP contribution >= 0.6 is 0 Å². The fourth-order valence-electron chi connectivity index (χ4n) is 3.17. The molecule has 2 unspecified atom stereocenters. The van der Waals surface area contributed by atoms with E-state index in [1.54, 1.807) is 6.20 Å². The van der Waals surface area contributed by atoms with Gasteiger partial charge in [-0.25, -0.2) is 4.98 Å². The number of amides is 1. The normalized spacial score (nSPS) is 20.7. The van der Waals surface area contributed by atoms with Crippen LogP contribution in [-0.2, 0) is 0 Å². The van der Waals surface area contributed by atoms with E-state index < -0.39 is 0 Å². The third-order valence-corrected chi connectivity index (χ3v) is 4.68. The van der Waals surface area contributed by atoms with Gasteiger partial charge in [0.25, 0.3) is 5.91 Å². The van der Waals surface area contributed by atoms with Crippen LogP contribution in [0.3, 0.4) is 0 Å². The van der Waals surface area contributed by atoms with Crippen molar-refractivity contribution in [3.05, 3.63) is 59.8 Å². The first-order valence-electron chi connectivity index (χ1n) is 8.55. The molecule has 1 saturated heterocycles. The molecule has 4 heteroatoms. The fourth-order valence-corrected chi connectivity index (χ4v) is 3.17. The monoisotopic (exact) mass is 324 g/mol. The number of carbonyl (C=O) groups is 1. The summed E-state index contributed by atoms with van der Waals surface area (Å²) in [5, 5.41) is 0. The lowest BCUT2D eigenvalue weighted by atomic mass is 9.93. The van der Waals surface area contributed by atoms with Gasteiger partial charge in [-0.3, -0.25) is 4.79 Å². The zero-order valence-electron chi connectivity index (χ0n) is 14.3.